The molecule has 0 N–H and O–H groups in total. The molecular formula is C14H19NO2S. The van der Waals surface area contributed by atoms with Crippen molar-refractivity contribution in [1.29, 1.82) is 0 Å². The van der Waals surface area contributed by atoms with E-state index in [1.165, 1.54) is 4.88 Å². The second kappa shape index (κ2) is 5.65. The summed E-state index contributed by atoms with van der Waals surface area (Å²) in [6.45, 7) is 6.07. The third-order valence-corrected chi connectivity index (χ3v) is 4.27. The van der Waals surface area contributed by atoms with Crippen molar-refractivity contribution in [3.05, 3.63) is 27.7 Å². The number of thiazole rings is 1. The van der Waals surface area contributed by atoms with Gasteiger partial charge in [0.25, 0.3) is 0 Å². The molecular weight excluding hydrogens is 246 g/mol. The molecule has 0 aliphatic carbocycles. The van der Waals surface area contributed by atoms with E-state index in [0.717, 1.165) is 30.5 Å². The van der Waals surface area contributed by atoms with Gasteiger partial charge in [-0.3, -0.25) is 0 Å². The number of ether oxygens (including phenoxy) is 1. The molecule has 18 heavy (non-hydrogen) atoms. The summed E-state index contributed by atoms with van der Waals surface area (Å²) in [6.07, 6.45) is 4.75. The summed E-state index contributed by atoms with van der Waals surface area (Å²) in [5.41, 5.74) is 3.79. The lowest BCUT2D eigenvalue weighted by atomic mass is 9.97. The quantitative estimate of drug-likeness (QED) is 0.784. The van der Waals surface area contributed by atoms with Crippen molar-refractivity contribution >= 4 is 17.3 Å². The minimum Gasteiger partial charge on any atom is -0.459 e. The van der Waals surface area contributed by atoms with E-state index in [1.54, 1.807) is 11.3 Å². The smallest absolute Gasteiger partial charge is 0.334 e. The second-order valence-corrected chi connectivity index (χ2v) is 5.92. The van der Waals surface area contributed by atoms with E-state index in [2.05, 4.69) is 4.98 Å². The molecule has 1 aromatic rings. The SMILES string of the molecule is Cc1ncsc1CCC1CC=C(C(C)C)C(=O)O1. The van der Waals surface area contributed by atoms with Crippen LogP contribution in [-0.4, -0.2) is 17.1 Å². The van der Waals surface area contributed by atoms with Crippen molar-refractivity contribution in [2.24, 2.45) is 5.92 Å². The number of aromatic nitrogens is 1. The number of carbonyl (C=O) groups is 1. The van der Waals surface area contributed by atoms with E-state index in [1.807, 2.05) is 32.4 Å². The average molecular weight is 265 g/mol. The van der Waals surface area contributed by atoms with Gasteiger partial charge in [0, 0.05) is 16.9 Å². The summed E-state index contributed by atoms with van der Waals surface area (Å²) in [4.78, 5) is 17.3. The lowest BCUT2D eigenvalue weighted by Gasteiger charge is -2.23. The lowest BCUT2D eigenvalue weighted by Crippen LogP contribution is -2.26. The number of aryl methyl sites for hydroxylation is 2. The largest absolute Gasteiger partial charge is 0.459 e. The van der Waals surface area contributed by atoms with Gasteiger partial charge in [-0.25, -0.2) is 9.78 Å². The van der Waals surface area contributed by atoms with E-state index in [0.29, 0.717) is 0 Å². The summed E-state index contributed by atoms with van der Waals surface area (Å²) in [5.74, 6) is 0.115. The second-order valence-electron chi connectivity index (χ2n) is 4.98. The highest BCUT2D eigenvalue weighted by atomic mass is 32.1. The van der Waals surface area contributed by atoms with Gasteiger partial charge in [0.2, 0.25) is 0 Å². The van der Waals surface area contributed by atoms with Crippen molar-refractivity contribution in [3.8, 4) is 0 Å². The Balaban J connectivity index is 1.90. The van der Waals surface area contributed by atoms with Gasteiger partial charge in [0.15, 0.2) is 0 Å². The maximum absolute atomic E-state index is 11.8. The van der Waals surface area contributed by atoms with Crippen LogP contribution in [0.4, 0.5) is 0 Å². The number of esters is 1. The number of nitrogens with zero attached hydrogens (tertiary/aromatic N) is 1. The van der Waals surface area contributed by atoms with Gasteiger partial charge < -0.3 is 4.74 Å². The lowest BCUT2D eigenvalue weighted by molar-refractivity contribution is -0.146. The Morgan fingerprint density at radius 3 is 2.89 bits per heavy atom. The summed E-state index contributed by atoms with van der Waals surface area (Å²) in [6, 6.07) is 0. The van der Waals surface area contributed by atoms with Crippen LogP contribution in [0.2, 0.25) is 0 Å². The van der Waals surface area contributed by atoms with Crippen LogP contribution < -0.4 is 0 Å². The number of hydrogen-bond acceptors (Lipinski definition) is 4. The fourth-order valence-electron chi connectivity index (χ4n) is 2.12. The molecule has 0 fully saturated rings. The third kappa shape index (κ3) is 2.99. The molecule has 1 atom stereocenters. The van der Waals surface area contributed by atoms with Gasteiger partial charge in [-0.15, -0.1) is 11.3 Å². The molecule has 1 aliphatic rings. The van der Waals surface area contributed by atoms with E-state index in [4.69, 9.17) is 4.74 Å². The van der Waals surface area contributed by atoms with Crippen LogP contribution in [0, 0.1) is 12.8 Å². The van der Waals surface area contributed by atoms with Gasteiger partial charge in [-0.1, -0.05) is 19.9 Å². The van der Waals surface area contributed by atoms with Crippen LogP contribution in [0.3, 0.4) is 0 Å². The minimum absolute atomic E-state index is 0.0292. The standard InChI is InChI=1S/C14H19NO2S/c1-9(2)12-6-4-11(17-14(12)16)5-7-13-10(3)15-8-18-13/h6,8-9,11H,4-5,7H2,1-3H3. The number of rotatable bonds is 4. The molecule has 1 aromatic heterocycles. The average Bonchev–Trinajstić information content (AvgIpc) is 2.72. The molecule has 1 aliphatic heterocycles. The molecule has 0 saturated heterocycles. The molecule has 2 rings (SSSR count). The monoisotopic (exact) mass is 265 g/mol. The topological polar surface area (TPSA) is 39.2 Å². The first-order valence-electron chi connectivity index (χ1n) is 6.38. The van der Waals surface area contributed by atoms with Crippen molar-refractivity contribution in [1.82, 2.24) is 4.98 Å². The number of hydrogen-bond donors (Lipinski definition) is 0. The van der Waals surface area contributed by atoms with E-state index >= 15 is 0 Å². The molecule has 0 bridgehead atoms. The molecule has 0 amide bonds. The Morgan fingerprint density at radius 1 is 1.56 bits per heavy atom. The van der Waals surface area contributed by atoms with Gasteiger partial charge in [0.1, 0.15) is 6.10 Å². The molecule has 4 heteroatoms. The highest BCUT2D eigenvalue weighted by Crippen LogP contribution is 2.24. The van der Waals surface area contributed by atoms with Gasteiger partial charge in [0.05, 0.1) is 11.2 Å². The normalized spacial score (nSPS) is 19.9. The number of cyclic esters (lactones) is 1. The fraction of sp³-hybridized carbons (Fsp3) is 0.571. The van der Waals surface area contributed by atoms with Crippen molar-refractivity contribution in [2.75, 3.05) is 0 Å². The Hall–Kier alpha value is -1.16. The van der Waals surface area contributed by atoms with E-state index < -0.39 is 0 Å². The maximum atomic E-state index is 11.8. The van der Waals surface area contributed by atoms with Gasteiger partial charge in [-0.05, 0) is 25.7 Å². The van der Waals surface area contributed by atoms with Crippen LogP contribution in [0.5, 0.6) is 0 Å². The molecule has 0 aromatic carbocycles. The Labute approximate surface area is 112 Å². The van der Waals surface area contributed by atoms with Crippen molar-refractivity contribution in [3.63, 3.8) is 0 Å². The zero-order valence-electron chi connectivity index (χ0n) is 11.1. The first-order valence-corrected chi connectivity index (χ1v) is 7.26. The summed E-state index contributed by atoms with van der Waals surface area (Å²) < 4.78 is 5.48. The zero-order chi connectivity index (χ0) is 13.1. The first-order chi connectivity index (χ1) is 8.58. The van der Waals surface area contributed by atoms with Crippen LogP contribution in [0.15, 0.2) is 17.2 Å². The van der Waals surface area contributed by atoms with Crippen LogP contribution in [0.1, 0.15) is 37.3 Å². The molecule has 2 heterocycles. The fourth-order valence-corrected chi connectivity index (χ4v) is 2.91. The van der Waals surface area contributed by atoms with Crippen LogP contribution in [-0.2, 0) is 16.0 Å². The van der Waals surface area contributed by atoms with Gasteiger partial charge >= 0.3 is 5.97 Å². The molecule has 0 radical (unpaired) electrons. The van der Waals surface area contributed by atoms with Gasteiger partial charge in [-0.2, -0.15) is 0 Å². The van der Waals surface area contributed by atoms with Crippen LogP contribution >= 0.6 is 11.3 Å². The predicted molar refractivity (Wildman–Crippen MR) is 72.6 cm³/mol. The predicted octanol–water partition coefficient (Wildman–Crippen LogP) is 3.28. The highest BCUT2D eigenvalue weighted by molar-refractivity contribution is 7.09. The summed E-state index contributed by atoms with van der Waals surface area (Å²) in [5, 5.41) is 0. The first kappa shape index (κ1) is 13.3. The number of carbonyl (C=O) groups excluding carboxylic acids is 1. The Morgan fingerprint density at radius 2 is 2.33 bits per heavy atom. The molecule has 98 valence electrons. The van der Waals surface area contributed by atoms with Crippen molar-refractivity contribution < 1.29 is 9.53 Å². The Bertz CT molecular complexity index is 462. The molecule has 3 nitrogen and oxygen atoms in total. The summed E-state index contributed by atoms with van der Waals surface area (Å²) >= 11 is 1.68. The Kier molecular flexibility index (Phi) is 4.17. The third-order valence-electron chi connectivity index (χ3n) is 3.27. The van der Waals surface area contributed by atoms with E-state index in [-0.39, 0.29) is 18.0 Å². The zero-order valence-corrected chi connectivity index (χ0v) is 11.9. The maximum Gasteiger partial charge on any atom is 0.334 e. The summed E-state index contributed by atoms with van der Waals surface area (Å²) in [7, 11) is 0. The van der Waals surface area contributed by atoms with Crippen molar-refractivity contribution in [2.45, 2.75) is 46.1 Å². The van der Waals surface area contributed by atoms with E-state index in [9.17, 15) is 4.79 Å². The van der Waals surface area contributed by atoms with Crippen LogP contribution in [0.25, 0.3) is 0 Å². The molecule has 1 unspecified atom stereocenters. The molecule has 0 saturated carbocycles. The molecule has 0 spiro atoms. The highest BCUT2D eigenvalue weighted by Gasteiger charge is 2.24. The minimum atomic E-state index is -0.137.